The fraction of sp³-hybridized carbons (Fsp3) is 0.267. The van der Waals surface area contributed by atoms with E-state index in [-0.39, 0.29) is 16.6 Å². The zero-order valence-electron chi connectivity index (χ0n) is 13.4. The molecular weight excluding hydrogens is 352 g/mol. The molecule has 0 saturated carbocycles. The minimum Gasteiger partial charge on any atom is -0.452 e. The van der Waals surface area contributed by atoms with Gasteiger partial charge in [0.1, 0.15) is 11.4 Å². The van der Waals surface area contributed by atoms with Crippen molar-refractivity contribution in [1.82, 2.24) is 9.78 Å². The van der Waals surface area contributed by atoms with Gasteiger partial charge in [0.2, 0.25) is 0 Å². The van der Waals surface area contributed by atoms with Gasteiger partial charge in [0, 0.05) is 23.2 Å². The maximum Gasteiger partial charge on any atom is 0.345 e. The van der Waals surface area contributed by atoms with E-state index in [1.54, 1.807) is 10.7 Å². The average molecular weight is 367 g/mol. The van der Waals surface area contributed by atoms with E-state index < -0.39 is 29.1 Å². The highest BCUT2D eigenvalue weighted by atomic mass is 35.5. The quantitative estimate of drug-likeness (QED) is 0.477. The van der Waals surface area contributed by atoms with Crippen LogP contribution in [0.1, 0.15) is 30.2 Å². The van der Waals surface area contributed by atoms with Gasteiger partial charge in [0.25, 0.3) is 11.6 Å². The average Bonchev–Trinajstić information content (AvgIpc) is 3.00. The molecule has 25 heavy (non-hydrogen) atoms. The third-order valence-electron chi connectivity index (χ3n) is 3.14. The Morgan fingerprint density at radius 3 is 2.76 bits per heavy atom. The van der Waals surface area contributed by atoms with Crippen molar-refractivity contribution in [1.29, 1.82) is 0 Å². The van der Waals surface area contributed by atoms with E-state index in [1.165, 1.54) is 18.3 Å². The van der Waals surface area contributed by atoms with E-state index in [0.717, 1.165) is 6.07 Å². The molecule has 0 aliphatic heterocycles. The third-order valence-corrected chi connectivity index (χ3v) is 3.37. The molecule has 0 aliphatic carbocycles. The number of nitrogens with one attached hydrogen (secondary N) is 1. The van der Waals surface area contributed by atoms with Crippen LogP contribution in [0.3, 0.4) is 0 Å². The molecule has 10 heteroatoms. The molecule has 0 spiro atoms. The van der Waals surface area contributed by atoms with Crippen LogP contribution in [0.15, 0.2) is 30.5 Å². The molecule has 132 valence electrons. The Labute approximate surface area is 147 Å². The largest absolute Gasteiger partial charge is 0.452 e. The Morgan fingerprint density at radius 1 is 1.40 bits per heavy atom. The highest BCUT2D eigenvalue weighted by molar-refractivity contribution is 6.31. The number of benzene rings is 1. The first-order valence-corrected chi connectivity index (χ1v) is 7.62. The summed E-state index contributed by atoms with van der Waals surface area (Å²) in [4.78, 5) is 34.1. The van der Waals surface area contributed by atoms with Crippen molar-refractivity contribution < 1.29 is 19.2 Å². The molecular formula is C15H15ClN4O5. The summed E-state index contributed by atoms with van der Waals surface area (Å²) in [6, 6.07) is 5.17. The molecule has 0 bridgehead atoms. The number of anilines is 1. The number of nitro groups is 1. The van der Waals surface area contributed by atoms with Gasteiger partial charge in [-0.3, -0.25) is 14.9 Å². The maximum absolute atomic E-state index is 12.0. The number of aromatic nitrogens is 2. The standard InChI is InChI=1S/C15H15ClN4O5/c1-9(2)19-13(5-6-17-19)18-14(21)8-25-15(22)11-4-3-10(16)7-12(11)20(23)24/h3-7,9H,8H2,1-2H3,(H,18,21). The Kier molecular flexibility index (Phi) is 5.71. The van der Waals surface area contributed by atoms with Crippen molar-refractivity contribution >= 4 is 35.0 Å². The first-order chi connectivity index (χ1) is 11.8. The molecule has 2 aromatic rings. The van der Waals surface area contributed by atoms with Gasteiger partial charge in [0.15, 0.2) is 6.61 Å². The summed E-state index contributed by atoms with van der Waals surface area (Å²) < 4.78 is 6.43. The highest BCUT2D eigenvalue weighted by Gasteiger charge is 2.22. The molecule has 9 nitrogen and oxygen atoms in total. The molecule has 1 N–H and O–H groups in total. The summed E-state index contributed by atoms with van der Waals surface area (Å²) in [6.45, 7) is 3.19. The second kappa shape index (κ2) is 7.75. The summed E-state index contributed by atoms with van der Waals surface area (Å²) in [5.74, 6) is -1.13. The first kappa shape index (κ1) is 18.4. The molecule has 1 aromatic heterocycles. The Bertz CT molecular complexity index is 818. The summed E-state index contributed by atoms with van der Waals surface area (Å²) in [5.41, 5.74) is -0.773. The fourth-order valence-corrected chi connectivity index (χ4v) is 2.21. The van der Waals surface area contributed by atoms with Crippen molar-refractivity contribution in [3.8, 4) is 0 Å². The Balaban J connectivity index is 2.01. The smallest absolute Gasteiger partial charge is 0.345 e. The molecule has 1 aromatic carbocycles. The molecule has 1 amide bonds. The lowest BCUT2D eigenvalue weighted by Crippen LogP contribution is -2.23. The van der Waals surface area contributed by atoms with Gasteiger partial charge in [0.05, 0.1) is 11.1 Å². The van der Waals surface area contributed by atoms with Crippen LogP contribution in [-0.2, 0) is 9.53 Å². The molecule has 0 atom stereocenters. The van der Waals surface area contributed by atoms with E-state index in [0.29, 0.717) is 5.82 Å². The van der Waals surface area contributed by atoms with Crippen LogP contribution in [0.2, 0.25) is 5.02 Å². The number of ether oxygens (including phenoxy) is 1. The lowest BCUT2D eigenvalue weighted by atomic mass is 10.2. The normalized spacial score (nSPS) is 10.6. The van der Waals surface area contributed by atoms with Gasteiger partial charge in [-0.05, 0) is 26.0 Å². The second-order valence-electron chi connectivity index (χ2n) is 5.30. The van der Waals surface area contributed by atoms with E-state index in [9.17, 15) is 19.7 Å². The van der Waals surface area contributed by atoms with Crippen molar-refractivity contribution in [2.75, 3.05) is 11.9 Å². The van der Waals surface area contributed by atoms with Crippen molar-refractivity contribution in [2.24, 2.45) is 0 Å². The predicted molar refractivity (Wildman–Crippen MR) is 89.6 cm³/mol. The Hall–Kier alpha value is -2.94. The van der Waals surface area contributed by atoms with E-state index in [4.69, 9.17) is 16.3 Å². The number of nitrogens with zero attached hydrogens (tertiary/aromatic N) is 3. The zero-order valence-corrected chi connectivity index (χ0v) is 14.2. The first-order valence-electron chi connectivity index (χ1n) is 7.24. The van der Waals surface area contributed by atoms with Crippen LogP contribution in [0, 0.1) is 10.1 Å². The Morgan fingerprint density at radius 2 is 2.12 bits per heavy atom. The van der Waals surface area contributed by atoms with Crippen LogP contribution in [-0.4, -0.2) is 33.2 Å². The van der Waals surface area contributed by atoms with Crippen LogP contribution in [0.4, 0.5) is 11.5 Å². The number of esters is 1. The maximum atomic E-state index is 12.0. The molecule has 0 radical (unpaired) electrons. The summed E-state index contributed by atoms with van der Waals surface area (Å²) in [6.07, 6.45) is 1.53. The number of hydrogen-bond donors (Lipinski definition) is 1. The number of amides is 1. The minimum atomic E-state index is -0.990. The number of carbonyl (C=O) groups is 2. The van der Waals surface area contributed by atoms with Crippen LogP contribution in [0.25, 0.3) is 0 Å². The van der Waals surface area contributed by atoms with E-state index in [1.807, 2.05) is 13.8 Å². The zero-order chi connectivity index (χ0) is 18.6. The molecule has 0 aliphatic rings. The number of nitro benzene ring substituents is 1. The highest BCUT2D eigenvalue weighted by Crippen LogP contribution is 2.23. The fourth-order valence-electron chi connectivity index (χ4n) is 2.04. The van der Waals surface area contributed by atoms with Gasteiger partial charge in [-0.25, -0.2) is 9.48 Å². The molecule has 0 saturated heterocycles. The van der Waals surface area contributed by atoms with Gasteiger partial charge >= 0.3 is 5.97 Å². The van der Waals surface area contributed by atoms with Gasteiger partial charge in [-0.2, -0.15) is 5.10 Å². The van der Waals surface area contributed by atoms with Crippen LogP contribution >= 0.6 is 11.6 Å². The van der Waals surface area contributed by atoms with E-state index >= 15 is 0 Å². The van der Waals surface area contributed by atoms with Gasteiger partial charge in [-0.1, -0.05) is 11.6 Å². The minimum absolute atomic E-state index is 0.0320. The van der Waals surface area contributed by atoms with Crippen LogP contribution < -0.4 is 5.32 Å². The number of hydrogen-bond acceptors (Lipinski definition) is 6. The summed E-state index contributed by atoms with van der Waals surface area (Å²) >= 11 is 5.68. The molecule has 2 rings (SSSR count). The summed E-state index contributed by atoms with van der Waals surface area (Å²) in [5, 5.41) is 17.7. The lowest BCUT2D eigenvalue weighted by molar-refractivity contribution is -0.385. The van der Waals surface area contributed by atoms with Gasteiger partial charge in [-0.15, -0.1) is 0 Å². The molecule has 0 fully saturated rings. The molecule has 0 unspecified atom stereocenters. The predicted octanol–water partition coefficient (Wildman–Crippen LogP) is 2.82. The van der Waals surface area contributed by atoms with Crippen molar-refractivity contribution in [2.45, 2.75) is 19.9 Å². The summed E-state index contributed by atoms with van der Waals surface area (Å²) in [7, 11) is 0. The third kappa shape index (κ3) is 4.54. The second-order valence-corrected chi connectivity index (χ2v) is 5.73. The topological polar surface area (TPSA) is 116 Å². The van der Waals surface area contributed by atoms with E-state index in [2.05, 4.69) is 10.4 Å². The SMILES string of the molecule is CC(C)n1nccc1NC(=O)COC(=O)c1ccc(Cl)cc1[N+](=O)[O-]. The van der Waals surface area contributed by atoms with Crippen molar-refractivity contribution in [3.63, 3.8) is 0 Å². The van der Waals surface area contributed by atoms with Gasteiger partial charge < -0.3 is 10.1 Å². The lowest BCUT2D eigenvalue weighted by Gasteiger charge is -2.12. The van der Waals surface area contributed by atoms with Crippen LogP contribution in [0.5, 0.6) is 0 Å². The number of carbonyl (C=O) groups excluding carboxylic acids is 2. The van der Waals surface area contributed by atoms with Crippen molar-refractivity contribution in [3.05, 3.63) is 51.2 Å². The molecule has 1 heterocycles. The number of rotatable bonds is 6. The monoisotopic (exact) mass is 366 g/mol. The number of halogens is 1.